The Morgan fingerprint density at radius 3 is 2.45 bits per heavy atom. The second kappa shape index (κ2) is 6.23. The minimum atomic E-state index is -0.415. The molecule has 0 saturated heterocycles. The van der Waals surface area contributed by atoms with Gasteiger partial charge in [-0.05, 0) is 40.2 Å². The molecule has 0 radical (unpaired) electrons. The SMILES string of the molecule is CNc1cc(Nc2cc(Br)ccc2Br)cc([N+](=O)[O-])c1. The number of hydrogen-bond donors (Lipinski definition) is 2. The molecule has 0 amide bonds. The zero-order valence-electron chi connectivity index (χ0n) is 10.5. The van der Waals surface area contributed by atoms with Crippen LogP contribution in [-0.4, -0.2) is 12.0 Å². The summed E-state index contributed by atoms with van der Waals surface area (Å²) in [5, 5.41) is 17.0. The first-order valence-corrected chi connectivity index (χ1v) is 7.27. The highest BCUT2D eigenvalue weighted by molar-refractivity contribution is 9.11. The lowest BCUT2D eigenvalue weighted by atomic mass is 10.2. The van der Waals surface area contributed by atoms with Gasteiger partial charge in [-0.15, -0.1) is 0 Å². The van der Waals surface area contributed by atoms with E-state index in [4.69, 9.17) is 0 Å². The number of nitro benzene ring substituents is 1. The highest BCUT2D eigenvalue weighted by Crippen LogP contribution is 2.31. The third-order valence-corrected chi connectivity index (χ3v) is 3.81. The molecule has 0 heterocycles. The van der Waals surface area contributed by atoms with Crippen molar-refractivity contribution in [3.8, 4) is 0 Å². The van der Waals surface area contributed by atoms with Gasteiger partial charge >= 0.3 is 0 Å². The van der Waals surface area contributed by atoms with Gasteiger partial charge in [0, 0.05) is 39.5 Å². The highest BCUT2D eigenvalue weighted by Gasteiger charge is 2.10. The van der Waals surface area contributed by atoms with Crippen molar-refractivity contribution in [1.29, 1.82) is 0 Å². The predicted octanol–water partition coefficient (Wildman–Crippen LogP) is 4.91. The van der Waals surface area contributed by atoms with Gasteiger partial charge in [-0.3, -0.25) is 10.1 Å². The first-order chi connectivity index (χ1) is 9.49. The van der Waals surface area contributed by atoms with E-state index in [9.17, 15) is 10.1 Å². The molecule has 7 heteroatoms. The summed E-state index contributed by atoms with van der Waals surface area (Å²) >= 11 is 6.83. The summed E-state index contributed by atoms with van der Waals surface area (Å²) in [7, 11) is 1.72. The van der Waals surface area contributed by atoms with E-state index in [1.54, 1.807) is 13.1 Å². The molecule has 0 saturated carbocycles. The van der Waals surface area contributed by atoms with Crippen molar-refractivity contribution in [2.75, 3.05) is 17.7 Å². The second-order valence-electron chi connectivity index (χ2n) is 4.02. The number of anilines is 3. The van der Waals surface area contributed by atoms with E-state index in [1.165, 1.54) is 12.1 Å². The molecule has 20 heavy (non-hydrogen) atoms. The maximum Gasteiger partial charge on any atom is 0.273 e. The van der Waals surface area contributed by atoms with Crippen LogP contribution in [0, 0.1) is 10.1 Å². The van der Waals surface area contributed by atoms with Crippen molar-refractivity contribution in [1.82, 2.24) is 0 Å². The van der Waals surface area contributed by atoms with Crippen molar-refractivity contribution in [3.05, 3.63) is 55.5 Å². The predicted molar refractivity (Wildman–Crippen MR) is 87.8 cm³/mol. The molecule has 2 aromatic carbocycles. The molecule has 0 aromatic heterocycles. The lowest BCUT2D eigenvalue weighted by Crippen LogP contribution is -1.97. The lowest BCUT2D eigenvalue weighted by Gasteiger charge is -2.10. The minimum Gasteiger partial charge on any atom is -0.388 e. The van der Waals surface area contributed by atoms with Crippen molar-refractivity contribution in [2.45, 2.75) is 0 Å². The van der Waals surface area contributed by atoms with Crippen LogP contribution in [0.3, 0.4) is 0 Å². The van der Waals surface area contributed by atoms with Crippen molar-refractivity contribution in [3.63, 3.8) is 0 Å². The quantitative estimate of drug-likeness (QED) is 0.565. The average molecular weight is 401 g/mol. The topological polar surface area (TPSA) is 67.2 Å². The minimum absolute atomic E-state index is 0.0328. The molecular weight excluding hydrogens is 390 g/mol. The van der Waals surface area contributed by atoms with Gasteiger partial charge in [-0.2, -0.15) is 0 Å². The van der Waals surface area contributed by atoms with Crippen LogP contribution in [0.25, 0.3) is 0 Å². The van der Waals surface area contributed by atoms with E-state index in [2.05, 4.69) is 42.5 Å². The Bertz CT molecular complexity index is 662. The third kappa shape index (κ3) is 3.49. The van der Waals surface area contributed by atoms with E-state index in [0.717, 1.165) is 14.6 Å². The van der Waals surface area contributed by atoms with Gasteiger partial charge in [0.2, 0.25) is 0 Å². The number of halogens is 2. The molecule has 0 unspecified atom stereocenters. The molecule has 0 fully saturated rings. The first-order valence-electron chi connectivity index (χ1n) is 5.69. The average Bonchev–Trinajstić information content (AvgIpc) is 2.42. The fraction of sp³-hybridized carbons (Fsp3) is 0.0769. The van der Waals surface area contributed by atoms with E-state index in [-0.39, 0.29) is 5.69 Å². The van der Waals surface area contributed by atoms with Gasteiger partial charge < -0.3 is 10.6 Å². The normalized spacial score (nSPS) is 10.2. The number of nitro groups is 1. The van der Waals surface area contributed by atoms with Crippen LogP contribution in [0.4, 0.5) is 22.7 Å². The van der Waals surface area contributed by atoms with Gasteiger partial charge in [-0.25, -0.2) is 0 Å². The third-order valence-electron chi connectivity index (χ3n) is 2.62. The molecule has 0 atom stereocenters. The second-order valence-corrected chi connectivity index (χ2v) is 5.79. The summed E-state index contributed by atoms with van der Waals surface area (Å²) in [6.45, 7) is 0. The molecule has 5 nitrogen and oxygen atoms in total. The highest BCUT2D eigenvalue weighted by atomic mass is 79.9. The Morgan fingerprint density at radius 2 is 1.80 bits per heavy atom. The summed E-state index contributed by atoms with van der Waals surface area (Å²) in [4.78, 5) is 10.5. The summed E-state index contributed by atoms with van der Waals surface area (Å²) < 4.78 is 1.79. The van der Waals surface area contributed by atoms with E-state index in [0.29, 0.717) is 11.4 Å². The zero-order chi connectivity index (χ0) is 14.7. The number of hydrogen-bond acceptors (Lipinski definition) is 4. The fourth-order valence-electron chi connectivity index (χ4n) is 1.68. The molecule has 2 N–H and O–H groups in total. The summed E-state index contributed by atoms with van der Waals surface area (Å²) in [6.07, 6.45) is 0. The number of nitrogens with zero attached hydrogens (tertiary/aromatic N) is 1. The van der Waals surface area contributed by atoms with Crippen molar-refractivity contribution < 1.29 is 4.92 Å². The molecule has 0 bridgehead atoms. The van der Waals surface area contributed by atoms with Gasteiger partial charge in [0.15, 0.2) is 0 Å². The monoisotopic (exact) mass is 399 g/mol. The van der Waals surface area contributed by atoms with Gasteiger partial charge in [0.1, 0.15) is 0 Å². The molecular formula is C13H11Br2N3O2. The van der Waals surface area contributed by atoms with E-state index in [1.807, 2.05) is 18.2 Å². The van der Waals surface area contributed by atoms with Crippen LogP contribution in [0.2, 0.25) is 0 Å². The number of non-ortho nitro benzene ring substituents is 1. The van der Waals surface area contributed by atoms with Crippen molar-refractivity contribution >= 4 is 54.6 Å². The standard InChI is InChI=1S/C13H11Br2N3O2/c1-16-9-5-10(7-11(6-9)18(19)20)17-13-4-8(14)2-3-12(13)15/h2-7,16-17H,1H3. The zero-order valence-corrected chi connectivity index (χ0v) is 13.7. The fourth-order valence-corrected chi connectivity index (χ4v) is 2.39. The smallest absolute Gasteiger partial charge is 0.273 e. The Labute approximate surface area is 132 Å². The molecule has 0 spiro atoms. The van der Waals surface area contributed by atoms with Gasteiger partial charge in [0.05, 0.1) is 10.6 Å². The van der Waals surface area contributed by atoms with Crippen LogP contribution >= 0.6 is 31.9 Å². The Kier molecular flexibility index (Phi) is 4.61. The molecule has 2 aromatic rings. The number of benzene rings is 2. The Morgan fingerprint density at radius 1 is 1.10 bits per heavy atom. The lowest BCUT2D eigenvalue weighted by molar-refractivity contribution is -0.384. The Balaban J connectivity index is 2.39. The molecule has 0 aliphatic rings. The van der Waals surface area contributed by atoms with Crippen molar-refractivity contribution in [2.24, 2.45) is 0 Å². The molecule has 2 rings (SSSR count). The van der Waals surface area contributed by atoms with Crippen LogP contribution in [0.5, 0.6) is 0 Å². The maximum atomic E-state index is 10.9. The molecule has 0 aliphatic heterocycles. The van der Waals surface area contributed by atoms with Gasteiger partial charge in [0.25, 0.3) is 5.69 Å². The largest absolute Gasteiger partial charge is 0.388 e. The first kappa shape index (κ1) is 14.8. The Hall–Kier alpha value is -1.60. The number of nitrogens with one attached hydrogen (secondary N) is 2. The maximum absolute atomic E-state index is 10.9. The van der Waals surface area contributed by atoms with Crippen LogP contribution in [0.15, 0.2) is 45.3 Å². The summed E-state index contributed by atoms with van der Waals surface area (Å²) in [5.74, 6) is 0. The van der Waals surface area contributed by atoms with Crippen LogP contribution < -0.4 is 10.6 Å². The summed E-state index contributed by atoms with van der Waals surface area (Å²) in [6, 6.07) is 10.5. The van der Waals surface area contributed by atoms with E-state index >= 15 is 0 Å². The summed E-state index contributed by atoms with van der Waals surface area (Å²) in [5.41, 5.74) is 2.17. The van der Waals surface area contributed by atoms with Crippen LogP contribution in [0.1, 0.15) is 0 Å². The van der Waals surface area contributed by atoms with E-state index < -0.39 is 4.92 Å². The number of rotatable bonds is 4. The molecule has 0 aliphatic carbocycles. The van der Waals surface area contributed by atoms with Gasteiger partial charge in [-0.1, -0.05) is 15.9 Å². The van der Waals surface area contributed by atoms with Crippen LogP contribution in [-0.2, 0) is 0 Å². The molecule has 104 valence electrons.